The van der Waals surface area contributed by atoms with Crippen LogP contribution in [0.25, 0.3) is 5.69 Å². The van der Waals surface area contributed by atoms with Gasteiger partial charge in [0.15, 0.2) is 0 Å². The highest BCUT2D eigenvalue weighted by atomic mass is 16.3. The van der Waals surface area contributed by atoms with Gasteiger partial charge in [0.05, 0.1) is 18.0 Å². The molecule has 0 saturated heterocycles. The summed E-state index contributed by atoms with van der Waals surface area (Å²) in [7, 11) is 0. The van der Waals surface area contributed by atoms with Gasteiger partial charge in [0.25, 0.3) is 0 Å². The maximum absolute atomic E-state index is 9.51. The maximum Gasteiger partial charge on any atom is 0.0942 e. The molecule has 0 saturated carbocycles. The lowest BCUT2D eigenvalue weighted by atomic mass is 10.2. The van der Waals surface area contributed by atoms with Gasteiger partial charge in [-0.1, -0.05) is 18.2 Å². The summed E-state index contributed by atoms with van der Waals surface area (Å²) in [6, 6.07) is 9.73. The Morgan fingerprint density at radius 2 is 2.07 bits per heavy atom. The van der Waals surface area contributed by atoms with E-state index in [4.69, 9.17) is 5.73 Å². The molecule has 1 unspecified atom stereocenters. The molecule has 0 aliphatic carbocycles. The zero-order valence-electron chi connectivity index (χ0n) is 8.24. The summed E-state index contributed by atoms with van der Waals surface area (Å²) in [5, 5.41) is 13.7. The van der Waals surface area contributed by atoms with E-state index in [1.807, 2.05) is 30.3 Å². The summed E-state index contributed by atoms with van der Waals surface area (Å²) in [4.78, 5) is 0. The van der Waals surface area contributed by atoms with Crippen molar-refractivity contribution < 1.29 is 5.11 Å². The van der Waals surface area contributed by atoms with Gasteiger partial charge in [0.2, 0.25) is 0 Å². The number of rotatable bonds is 3. The van der Waals surface area contributed by atoms with Crippen LogP contribution >= 0.6 is 0 Å². The molecule has 3 N–H and O–H groups in total. The fraction of sp³-hybridized carbons (Fsp3) is 0.182. The molecule has 2 aromatic rings. The minimum absolute atomic E-state index is 0.209. The lowest BCUT2D eigenvalue weighted by Crippen LogP contribution is -2.10. The largest absolute Gasteiger partial charge is 0.387 e. The quantitative estimate of drug-likeness (QED) is 0.777. The normalized spacial score (nSPS) is 12.7. The highest BCUT2D eigenvalue weighted by Crippen LogP contribution is 2.13. The molecule has 1 aromatic heterocycles. The minimum Gasteiger partial charge on any atom is -0.387 e. The lowest BCUT2D eigenvalue weighted by Gasteiger charge is -2.03. The molecule has 1 heterocycles. The number of hydrogen-bond donors (Lipinski definition) is 2. The van der Waals surface area contributed by atoms with Crippen LogP contribution in [-0.4, -0.2) is 21.4 Å². The predicted molar refractivity (Wildman–Crippen MR) is 57.6 cm³/mol. The third kappa shape index (κ3) is 2.06. The molecule has 15 heavy (non-hydrogen) atoms. The van der Waals surface area contributed by atoms with Gasteiger partial charge in [-0.15, -0.1) is 0 Å². The second-order valence-electron chi connectivity index (χ2n) is 3.31. The van der Waals surface area contributed by atoms with Crippen molar-refractivity contribution in [2.45, 2.75) is 6.10 Å². The van der Waals surface area contributed by atoms with E-state index < -0.39 is 6.10 Å². The Hall–Kier alpha value is -1.65. The van der Waals surface area contributed by atoms with Gasteiger partial charge in [-0.2, -0.15) is 5.10 Å². The van der Waals surface area contributed by atoms with Gasteiger partial charge in [-0.25, -0.2) is 4.68 Å². The molecule has 0 radical (unpaired) electrons. The smallest absolute Gasteiger partial charge is 0.0942 e. The Morgan fingerprint density at radius 3 is 2.73 bits per heavy atom. The van der Waals surface area contributed by atoms with Crippen molar-refractivity contribution in [3.63, 3.8) is 0 Å². The average Bonchev–Trinajstić information content (AvgIpc) is 2.78. The summed E-state index contributed by atoms with van der Waals surface area (Å²) in [5.41, 5.74) is 7.07. The number of aromatic nitrogens is 2. The number of nitrogens with zero attached hydrogens (tertiary/aromatic N) is 2. The third-order valence-corrected chi connectivity index (χ3v) is 2.23. The number of aliphatic hydroxyl groups excluding tert-OH is 1. The standard InChI is InChI=1S/C11H13N3O/c12-6-11(15)9-7-13-14(8-9)10-4-2-1-3-5-10/h1-5,7-8,11,15H,6,12H2. The number of hydrogen-bond acceptors (Lipinski definition) is 3. The average molecular weight is 203 g/mol. The highest BCUT2D eigenvalue weighted by Gasteiger charge is 2.07. The number of benzene rings is 1. The van der Waals surface area contributed by atoms with E-state index in [1.54, 1.807) is 17.1 Å². The molecule has 4 nitrogen and oxygen atoms in total. The van der Waals surface area contributed by atoms with Crippen LogP contribution in [0.4, 0.5) is 0 Å². The molecule has 78 valence electrons. The third-order valence-electron chi connectivity index (χ3n) is 2.23. The number of aliphatic hydroxyl groups is 1. The van der Waals surface area contributed by atoms with E-state index in [-0.39, 0.29) is 6.54 Å². The topological polar surface area (TPSA) is 64.1 Å². The van der Waals surface area contributed by atoms with Crippen LogP contribution in [0.15, 0.2) is 42.7 Å². The van der Waals surface area contributed by atoms with Crippen LogP contribution in [0.2, 0.25) is 0 Å². The number of para-hydroxylation sites is 1. The van der Waals surface area contributed by atoms with E-state index in [9.17, 15) is 5.11 Å². The van der Waals surface area contributed by atoms with Gasteiger partial charge < -0.3 is 10.8 Å². The molecule has 1 aromatic carbocycles. The Morgan fingerprint density at radius 1 is 1.33 bits per heavy atom. The predicted octanol–water partition coefficient (Wildman–Crippen LogP) is 0.864. The highest BCUT2D eigenvalue weighted by molar-refractivity contribution is 5.31. The van der Waals surface area contributed by atoms with Crippen LogP contribution in [0.3, 0.4) is 0 Å². The molecule has 0 amide bonds. The van der Waals surface area contributed by atoms with Crippen molar-refractivity contribution in [2.24, 2.45) is 5.73 Å². The van der Waals surface area contributed by atoms with Crippen molar-refractivity contribution in [3.8, 4) is 5.69 Å². The van der Waals surface area contributed by atoms with E-state index in [1.165, 1.54) is 0 Å². The van der Waals surface area contributed by atoms with Crippen molar-refractivity contribution >= 4 is 0 Å². The molecular weight excluding hydrogens is 190 g/mol. The Kier molecular flexibility index (Phi) is 2.80. The van der Waals surface area contributed by atoms with Gasteiger partial charge in [0.1, 0.15) is 0 Å². The first-order valence-electron chi connectivity index (χ1n) is 4.79. The van der Waals surface area contributed by atoms with E-state index in [2.05, 4.69) is 5.10 Å². The Labute approximate surface area is 88.0 Å². The molecule has 0 aliphatic heterocycles. The van der Waals surface area contributed by atoms with Crippen molar-refractivity contribution in [1.29, 1.82) is 0 Å². The molecule has 0 spiro atoms. The van der Waals surface area contributed by atoms with Crippen LogP contribution in [-0.2, 0) is 0 Å². The monoisotopic (exact) mass is 203 g/mol. The second-order valence-corrected chi connectivity index (χ2v) is 3.31. The Bertz CT molecular complexity index is 424. The van der Waals surface area contributed by atoms with Gasteiger partial charge >= 0.3 is 0 Å². The zero-order valence-corrected chi connectivity index (χ0v) is 8.24. The van der Waals surface area contributed by atoms with Crippen molar-refractivity contribution in [2.75, 3.05) is 6.54 Å². The summed E-state index contributed by atoms with van der Waals surface area (Å²) in [6.45, 7) is 0.209. The van der Waals surface area contributed by atoms with E-state index >= 15 is 0 Å². The van der Waals surface area contributed by atoms with Gasteiger partial charge in [0, 0.05) is 18.3 Å². The first-order valence-corrected chi connectivity index (χ1v) is 4.79. The lowest BCUT2D eigenvalue weighted by molar-refractivity contribution is 0.186. The fourth-order valence-corrected chi connectivity index (χ4v) is 1.37. The molecule has 0 bridgehead atoms. The maximum atomic E-state index is 9.51. The molecule has 0 fully saturated rings. The molecule has 2 rings (SSSR count). The summed E-state index contributed by atoms with van der Waals surface area (Å²) in [6.07, 6.45) is 2.78. The van der Waals surface area contributed by atoms with Gasteiger partial charge in [-0.05, 0) is 12.1 Å². The first-order chi connectivity index (χ1) is 7.31. The molecule has 1 atom stereocenters. The summed E-state index contributed by atoms with van der Waals surface area (Å²) in [5.74, 6) is 0. The van der Waals surface area contributed by atoms with Crippen molar-refractivity contribution in [1.82, 2.24) is 9.78 Å². The first kappa shape index (κ1) is 9.89. The fourth-order valence-electron chi connectivity index (χ4n) is 1.37. The van der Waals surface area contributed by atoms with E-state index in [0.717, 1.165) is 11.3 Å². The van der Waals surface area contributed by atoms with Crippen LogP contribution in [0.1, 0.15) is 11.7 Å². The number of nitrogens with two attached hydrogens (primary N) is 1. The van der Waals surface area contributed by atoms with E-state index in [0.29, 0.717) is 0 Å². The summed E-state index contributed by atoms with van der Waals surface area (Å²) < 4.78 is 1.72. The second kappa shape index (κ2) is 4.25. The zero-order chi connectivity index (χ0) is 10.7. The minimum atomic E-state index is -0.637. The van der Waals surface area contributed by atoms with Crippen LogP contribution in [0, 0.1) is 0 Å². The molecule has 0 aliphatic rings. The summed E-state index contributed by atoms with van der Waals surface area (Å²) >= 11 is 0. The van der Waals surface area contributed by atoms with Crippen molar-refractivity contribution in [3.05, 3.63) is 48.3 Å². The SMILES string of the molecule is NCC(O)c1cnn(-c2ccccc2)c1. The Balaban J connectivity index is 2.28. The van der Waals surface area contributed by atoms with Crippen LogP contribution in [0.5, 0.6) is 0 Å². The molecule has 4 heteroatoms. The van der Waals surface area contributed by atoms with Gasteiger partial charge in [-0.3, -0.25) is 0 Å². The molecular formula is C11H13N3O. The van der Waals surface area contributed by atoms with Crippen LogP contribution < -0.4 is 5.73 Å².